The number of nitrogens with one attached hydrogen (secondary N) is 1. The predicted molar refractivity (Wildman–Crippen MR) is 241 cm³/mol. The number of unbranched alkanes of at least 4 members (excludes halogenated alkanes) is 27. The molecule has 1 amide bonds. The molecule has 13 heteroatoms. The van der Waals surface area contributed by atoms with Crippen LogP contribution < -0.4 is 5.32 Å². The van der Waals surface area contributed by atoms with E-state index in [0.29, 0.717) is 6.42 Å². The number of hydrogen-bond acceptors (Lipinski definition) is 10. The van der Waals surface area contributed by atoms with Gasteiger partial charge >= 0.3 is 10.4 Å². The lowest BCUT2D eigenvalue weighted by Crippen LogP contribution is -2.61. The highest BCUT2D eigenvalue weighted by molar-refractivity contribution is 7.80. The molecule has 0 aromatic rings. The summed E-state index contributed by atoms with van der Waals surface area (Å²) >= 11 is 0. The SMILES string of the molecule is CCCCCCCC/C=C\CCCCCC(=O)NC(COC1OC(CO)C(O)C(OS(=O)(=O)O)C1O)C(O)/C=C/CCCCCCCCCCCCCCCCCCCC. The van der Waals surface area contributed by atoms with Gasteiger partial charge in [0.15, 0.2) is 6.29 Å². The van der Waals surface area contributed by atoms with E-state index < -0.39 is 59.9 Å². The molecular formula is C47H89NO11S. The maximum absolute atomic E-state index is 13.0. The largest absolute Gasteiger partial charge is 0.397 e. The number of amides is 1. The third kappa shape index (κ3) is 30.6. The van der Waals surface area contributed by atoms with Crippen molar-refractivity contribution in [2.24, 2.45) is 0 Å². The van der Waals surface area contributed by atoms with Crippen molar-refractivity contribution in [1.29, 1.82) is 0 Å². The first-order valence-corrected chi connectivity index (χ1v) is 25.6. The standard InChI is InChI=1S/C47H89NO11S/c1-3-5-7-9-11-13-15-17-18-19-20-21-22-23-25-26-28-30-32-34-36-41(50)40(39-57-47-45(53)46(59-60(54,55)56)44(52)42(38-49)58-47)48-43(51)37-35-33-31-29-27-24-16-14-12-10-8-6-4-2/h24,27,34,36,40-42,44-47,49-50,52-53H,3-23,25-26,28-33,35,37-39H2,1-2H3,(H,48,51)(H,54,55,56)/b27-24-,36-34+. The summed E-state index contributed by atoms with van der Waals surface area (Å²) in [5.41, 5.74) is 0. The first-order chi connectivity index (χ1) is 29.0. The van der Waals surface area contributed by atoms with E-state index >= 15 is 0 Å². The van der Waals surface area contributed by atoms with Crippen molar-refractivity contribution in [2.75, 3.05) is 13.2 Å². The van der Waals surface area contributed by atoms with Crippen LogP contribution in [0.3, 0.4) is 0 Å². The molecule has 0 aliphatic carbocycles. The van der Waals surface area contributed by atoms with Crippen LogP contribution in [0.2, 0.25) is 0 Å². The minimum atomic E-state index is -5.08. The minimum absolute atomic E-state index is 0.249. The summed E-state index contributed by atoms with van der Waals surface area (Å²) in [7, 11) is -5.08. The highest BCUT2D eigenvalue weighted by atomic mass is 32.3. The summed E-state index contributed by atoms with van der Waals surface area (Å²) in [6.45, 7) is 3.37. The lowest BCUT2D eigenvalue weighted by atomic mass is 9.99. The van der Waals surface area contributed by atoms with Crippen LogP contribution in [0.15, 0.2) is 24.3 Å². The molecule has 0 aromatic heterocycles. The topological polar surface area (TPSA) is 192 Å². The predicted octanol–water partition coefficient (Wildman–Crippen LogP) is 9.72. The van der Waals surface area contributed by atoms with Crippen molar-refractivity contribution in [1.82, 2.24) is 5.32 Å². The Hall–Kier alpha value is -1.42. The van der Waals surface area contributed by atoms with Crippen molar-refractivity contribution in [3.63, 3.8) is 0 Å². The third-order valence-electron chi connectivity index (χ3n) is 11.5. The maximum atomic E-state index is 13.0. The van der Waals surface area contributed by atoms with Gasteiger partial charge in [-0.2, -0.15) is 8.42 Å². The van der Waals surface area contributed by atoms with E-state index in [0.717, 1.165) is 44.9 Å². The van der Waals surface area contributed by atoms with Gasteiger partial charge in [-0.1, -0.05) is 186 Å². The molecule has 0 radical (unpaired) electrons. The summed E-state index contributed by atoms with van der Waals surface area (Å²) in [5, 5.41) is 44.7. The van der Waals surface area contributed by atoms with Crippen LogP contribution in [0.4, 0.5) is 0 Å². The molecule has 1 saturated heterocycles. The average molecular weight is 876 g/mol. The Morgan fingerprint density at radius 3 is 1.50 bits per heavy atom. The second kappa shape index (κ2) is 38.1. The zero-order valence-corrected chi connectivity index (χ0v) is 38.6. The molecule has 1 aliphatic rings. The second-order valence-electron chi connectivity index (χ2n) is 17.0. The van der Waals surface area contributed by atoms with Crippen molar-refractivity contribution >= 4 is 16.3 Å². The number of aliphatic hydroxyl groups is 4. The van der Waals surface area contributed by atoms with E-state index in [1.807, 2.05) is 6.08 Å². The van der Waals surface area contributed by atoms with Crippen LogP contribution >= 0.6 is 0 Å². The third-order valence-corrected chi connectivity index (χ3v) is 11.9. The van der Waals surface area contributed by atoms with E-state index in [1.54, 1.807) is 6.08 Å². The van der Waals surface area contributed by atoms with E-state index in [1.165, 1.54) is 141 Å². The number of rotatable bonds is 41. The summed E-state index contributed by atoms with van der Waals surface area (Å²) < 4.78 is 47.6. The van der Waals surface area contributed by atoms with E-state index in [4.69, 9.17) is 9.47 Å². The highest BCUT2D eigenvalue weighted by Crippen LogP contribution is 2.26. The lowest BCUT2D eigenvalue weighted by molar-refractivity contribution is -0.298. The number of ether oxygens (including phenoxy) is 2. The Morgan fingerprint density at radius 2 is 1.07 bits per heavy atom. The molecule has 7 atom stereocenters. The minimum Gasteiger partial charge on any atom is -0.394 e. The fraction of sp³-hybridized carbons (Fsp3) is 0.894. The van der Waals surface area contributed by atoms with Crippen molar-refractivity contribution in [3.05, 3.63) is 24.3 Å². The van der Waals surface area contributed by atoms with E-state index in [9.17, 15) is 38.2 Å². The number of carbonyl (C=O) groups is 1. The molecule has 0 aromatic carbocycles. The second-order valence-corrected chi connectivity index (χ2v) is 18.1. The molecule has 60 heavy (non-hydrogen) atoms. The van der Waals surface area contributed by atoms with Crippen molar-refractivity contribution < 1.29 is 51.8 Å². The zero-order chi connectivity index (χ0) is 44.1. The fourth-order valence-electron chi connectivity index (χ4n) is 7.68. The summed E-state index contributed by atoms with van der Waals surface area (Å²) in [4.78, 5) is 13.0. The molecule has 0 bridgehead atoms. The summed E-state index contributed by atoms with van der Waals surface area (Å²) in [6.07, 6.45) is 35.0. The molecule has 354 valence electrons. The highest BCUT2D eigenvalue weighted by Gasteiger charge is 2.48. The molecule has 6 N–H and O–H groups in total. The van der Waals surface area contributed by atoms with Gasteiger partial charge in [0.05, 0.1) is 25.4 Å². The van der Waals surface area contributed by atoms with Crippen LogP contribution in [-0.2, 0) is 28.9 Å². The normalized spacial score (nSPS) is 20.9. The molecule has 1 aliphatic heterocycles. The van der Waals surface area contributed by atoms with Crippen LogP contribution in [0, 0.1) is 0 Å². The number of allylic oxidation sites excluding steroid dienone is 3. The number of hydrogen-bond donors (Lipinski definition) is 6. The zero-order valence-electron chi connectivity index (χ0n) is 37.8. The fourth-order valence-corrected chi connectivity index (χ4v) is 8.19. The van der Waals surface area contributed by atoms with Gasteiger partial charge in [-0.25, -0.2) is 4.18 Å². The van der Waals surface area contributed by atoms with Crippen LogP contribution in [-0.4, -0.2) is 95.4 Å². The molecule has 0 saturated carbocycles. The molecule has 12 nitrogen and oxygen atoms in total. The van der Waals surface area contributed by atoms with Gasteiger partial charge in [-0.15, -0.1) is 0 Å². The van der Waals surface area contributed by atoms with Gasteiger partial charge in [0.2, 0.25) is 5.91 Å². The smallest absolute Gasteiger partial charge is 0.394 e. The van der Waals surface area contributed by atoms with Crippen LogP contribution in [0.25, 0.3) is 0 Å². The molecule has 1 fully saturated rings. The summed E-state index contributed by atoms with van der Waals surface area (Å²) in [6, 6.07) is -0.949. The van der Waals surface area contributed by atoms with Crippen LogP contribution in [0.1, 0.15) is 213 Å². The Labute approximate surface area is 365 Å². The van der Waals surface area contributed by atoms with Gasteiger partial charge in [0.25, 0.3) is 0 Å². The Balaban J connectivity index is 2.49. The molecule has 7 unspecified atom stereocenters. The Kier molecular flexibility index (Phi) is 35.9. The van der Waals surface area contributed by atoms with Crippen LogP contribution in [0.5, 0.6) is 0 Å². The first kappa shape index (κ1) is 56.6. The first-order valence-electron chi connectivity index (χ1n) is 24.2. The van der Waals surface area contributed by atoms with Gasteiger partial charge in [0.1, 0.15) is 24.4 Å². The summed E-state index contributed by atoms with van der Waals surface area (Å²) in [5.74, 6) is -0.278. The van der Waals surface area contributed by atoms with Gasteiger partial charge in [0, 0.05) is 6.42 Å². The molecular weight excluding hydrogens is 787 g/mol. The molecule has 0 spiro atoms. The maximum Gasteiger partial charge on any atom is 0.397 e. The average Bonchev–Trinajstić information content (AvgIpc) is 3.22. The molecule has 1 heterocycles. The number of aliphatic hydroxyl groups excluding tert-OH is 4. The van der Waals surface area contributed by atoms with E-state index in [-0.39, 0.29) is 18.9 Å². The quantitative estimate of drug-likeness (QED) is 0.0195. The lowest BCUT2D eigenvalue weighted by Gasteiger charge is -2.41. The van der Waals surface area contributed by atoms with Gasteiger partial charge in [-0.05, 0) is 44.9 Å². The van der Waals surface area contributed by atoms with E-state index in [2.05, 4.69) is 35.5 Å². The molecule has 1 rings (SSSR count). The van der Waals surface area contributed by atoms with Gasteiger partial charge < -0.3 is 35.2 Å². The Bertz CT molecular complexity index is 1170. The Morgan fingerprint density at radius 1 is 0.650 bits per heavy atom. The van der Waals surface area contributed by atoms with Crippen molar-refractivity contribution in [3.8, 4) is 0 Å². The monoisotopic (exact) mass is 876 g/mol. The van der Waals surface area contributed by atoms with Gasteiger partial charge in [-0.3, -0.25) is 9.35 Å². The van der Waals surface area contributed by atoms with Crippen molar-refractivity contribution in [2.45, 2.75) is 256 Å². The number of carbonyl (C=O) groups excluding carboxylic acids is 1.